The lowest BCUT2D eigenvalue weighted by atomic mass is 10.0. The number of benzene rings is 2. The lowest BCUT2D eigenvalue weighted by Crippen LogP contribution is -2.55. The average Bonchev–Trinajstić information content (AvgIpc) is 3.07. The second-order valence-electron chi connectivity index (χ2n) is 7.62. The van der Waals surface area contributed by atoms with E-state index in [0.717, 1.165) is 23.0 Å². The summed E-state index contributed by atoms with van der Waals surface area (Å²) in [6.07, 6.45) is -4.60. The van der Waals surface area contributed by atoms with Gasteiger partial charge in [0.2, 0.25) is 11.8 Å². The minimum Gasteiger partial charge on any atom is -0.406 e. The van der Waals surface area contributed by atoms with E-state index in [1.807, 2.05) is 30.3 Å². The third-order valence-electron chi connectivity index (χ3n) is 4.31. The highest BCUT2D eigenvalue weighted by molar-refractivity contribution is 7.22. The van der Waals surface area contributed by atoms with Crippen LogP contribution in [0.15, 0.2) is 48.5 Å². The molecule has 32 heavy (non-hydrogen) atoms. The summed E-state index contributed by atoms with van der Waals surface area (Å²) in [6.45, 7) is 3.04. The van der Waals surface area contributed by atoms with Gasteiger partial charge < -0.3 is 21.1 Å². The first-order valence-electron chi connectivity index (χ1n) is 9.52. The number of nitrogens with zero attached hydrogens (tertiary/aromatic N) is 1. The number of carbonyl (C=O) groups is 2. The molecule has 0 bridgehead atoms. The van der Waals surface area contributed by atoms with Crippen molar-refractivity contribution >= 4 is 38.5 Å². The van der Waals surface area contributed by atoms with Crippen molar-refractivity contribution in [2.24, 2.45) is 5.73 Å². The molecular formula is C21H21F3N4O3S. The number of rotatable bonds is 7. The van der Waals surface area contributed by atoms with Crippen molar-refractivity contribution in [2.45, 2.75) is 38.2 Å². The zero-order valence-corrected chi connectivity index (χ0v) is 18.0. The van der Waals surface area contributed by atoms with Crippen molar-refractivity contribution in [2.75, 3.05) is 5.32 Å². The number of amides is 2. The Hall–Kier alpha value is -3.18. The van der Waals surface area contributed by atoms with Gasteiger partial charge >= 0.3 is 6.36 Å². The van der Waals surface area contributed by atoms with Crippen LogP contribution in [-0.4, -0.2) is 34.7 Å². The third-order valence-corrected chi connectivity index (χ3v) is 5.25. The van der Waals surface area contributed by atoms with Gasteiger partial charge in [-0.3, -0.25) is 9.59 Å². The number of nitrogens with one attached hydrogen (secondary N) is 2. The van der Waals surface area contributed by atoms with Crippen LogP contribution in [0.1, 0.15) is 19.4 Å². The van der Waals surface area contributed by atoms with Gasteiger partial charge in [0.15, 0.2) is 5.13 Å². The van der Waals surface area contributed by atoms with Crippen LogP contribution in [0.2, 0.25) is 0 Å². The Morgan fingerprint density at radius 3 is 2.47 bits per heavy atom. The molecule has 0 fully saturated rings. The van der Waals surface area contributed by atoms with Crippen molar-refractivity contribution in [3.63, 3.8) is 0 Å². The maximum Gasteiger partial charge on any atom is 0.573 e. The lowest BCUT2D eigenvalue weighted by molar-refractivity contribution is -0.274. The Labute approximate surface area is 185 Å². The number of alkyl halides is 3. The molecule has 0 aliphatic heterocycles. The molecule has 7 nitrogen and oxygen atoms in total. The molecule has 1 heterocycles. The minimum atomic E-state index is -4.81. The molecule has 170 valence electrons. The Morgan fingerprint density at radius 2 is 1.84 bits per heavy atom. The van der Waals surface area contributed by atoms with Crippen LogP contribution < -0.4 is 21.1 Å². The number of hydrogen-bond acceptors (Lipinski definition) is 6. The van der Waals surface area contributed by atoms with Gasteiger partial charge in [0.05, 0.1) is 15.8 Å². The van der Waals surface area contributed by atoms with E-state index in [9.17, 15) is 22.8 Å². The van der Waals surface area contributed by atoms with Crippen LogP contribution >= 0.6 is 11.3 Å². The SMILES string of the molecule is CC(C)(N)C(=O)N[C@@H](Cc1ccccc1)C(=O)Nc1nc2ccc(OC(F)(F)F)cc2s1. The van der Waals surface area contributed by atoms with Crippen molar-refractivity contribution in [1.29, 1.82) is 0 Å². The summed E-state index contributed by atoms with van der Waals surface area (Å²) in [5.74, 6) is -1.42. The van der Waals surface area contributed by atoms with Gasteiger partial charge in [-0.05, 0) is 31.5 Å². The molecule has 2 aromatic carbocycles. The normalized spacial score (nSPS) is 12.9. The van der Waals surface area contributed by atoms with Crippen LogP contribution in [0, 0.1) is 0 Å². The second-order valence-corrected chi connectivity index (χ2v) is 8.65. The van der Waals surface area contributed by atoms with E-state index in [0.29, 0.717) is 10.2 Å². The first-order valence-corrected chi connectivity index (χ1v) is 10.3. The highest BCUT2D eigenvalue weighted by atomic mass is 32.1. The molecule has 4 N–H and O–H groups in total. The molecule has 0 spiro atoms. The Morgan fingerprint density at radius 1 is 1.16 bits per heavy atom. The van der Waals surface area contributed by atoms with E-state index in [1.54, 1.807) is 0 Å². The lowest BCUT2D eigenvalue weighted by Gasteiger charge is -2.23. The molecule has 11 heteroatoms. The summed E-state index contributed by atoms with van der Waals surface area (Å²) in [4.78, 5) is 29.5. The van der Waals surface area contributed by atoms with E-state index in [4.69, 9.17) is 5.73 Å². The number of thiazole rings is 1. The standard InChI is InChI=1S/C21H21F3N4O3S/c1-20(2,25)18(30)26-15(10-12-6-4-3-5-7-12)17(29)28-19-27-14-9-8-13(11-16(14)32-19)31-21(22,23)24/h3-9,11,15H,10,25H2,1-2H3,(H,26,30)(H,27,28,29)/t15-/m0/s1. The van der Waals surface area contributed by atoms with Gasteiger partial charge in [-0.25, -0.2) is 4.98 Å². The molecule has 0 saturated carbocycles. The average molecular weight is 466 g/mol. The molecule has 0 saturated heterocycles. The van der Waals surface area contributed by atoms with Gasteiger partial charge in [0.25, 0.3) is 0 Å². The molecule has 3 aromatic rings. The van der Waals surface area contributed by atoms with Gasteiger partial charge in [0, 0.05) is 12.5 Å². The third kappa shape index (κ3) is 6.41. The number of halogens is 3. The monoisotopic (exact) mass is 466 g/mol. The van der Waals surface area contributed by atoms with Crippen molar-refractivity contribution in [3.05, 3.63) is 54.1 Å². The highest BCUT2D eigenvalue weighted by Gasteiger charge is 2.31. The molecule has 0 aliphatic carbocycles. The van der Waals surface area contributed by atoms with Crippen molar-refractivity contribution in [3.8, 4) is 5.75 Å². The molecule has 0 aliphatic rings. The Balaban J connectivity index is 1.79. The predicted molar refractivity (Wildman–Crippen MR) is 115 cm³/mol. The molecular weight excluding hydrogens is 445 g/mol. The van der Waals surface area contributed by atoms with Crippen LogP contribution in [0.4, 0.5) is 18.3 Å². The van der Waals surface area contributed by atoms with Crippen LogP contribution in [0.5, 0.6) is 5.75 Å². The van der Waals surface area contributed by atoms with E-state index >= 15 is 0 Å². The first kappa shape index (κ1) is 23.5. The molecule has 3 rings (SSSR count). The fraction of sp³-hybridized carbons (Fsp3) is 0.286. The van der Waals surface area contributed by atoms with E-state index in [1.165, 1.54) is 26.0 Å². The van der Waals surface area contributed by atoms with Crippen molar-refractivity contribution in [1.82, 2.24) is 10.3 Å². The topological polar surface area (TPSA) is 106 Å². The smallest absolute Gasteiger partial charge is 0.406 e. The summed E-state index contributed by atoms with van der Waals surface area (Å²) in [6, 6.07) is 11.9. The summed E-state index contributed by atoms with van der Waals surface area (Å²) < 4.78 is 41.6. The number of aromatic nitrogens is 1. The van der Waals surface area contributed by atoms with Crippen molar-refractivity contribution < 1.29 is 27.5 Å². The number of hydrogen-bond donors (Lipinski definition) is 3. The number of fused-ring (bicyclic) bond motifs is 1. The van der Waals surface area contributed by atoms with Gasteiger partial charge in [-0.15, -0.1) is 13.2 Å². The number of carbonyl (C=O) groups excluding carboxylic acids is 2. The molecule has 1 atom stereocenters. The number of nitrogens with two attached hydrogens (primary N) is 1. The number of anilines is 1. The molecule has 0 unspecified atom stereocenters. The van der Waals surface area contributed by atoms with E-state index in [2.05, 4.69) is 20.4 Å². The van der Waals surface area contributed by atoms with Crippen LogP contribution in [0.3, 0.4) is 0 Å². The Bertz CT molecular complexity index is 1110. The number of ether oxygens (including phenoxy) is 1. The zero-order valence-electron chi connectivity index (χ0n) is 17.2. The summed E-state index contributed by atoms with van der Waals surface area (Å²) >= 11 is 0.986. The predicted octanol–water partition coefficient (Wildman–Crippen LogP) is 3.60. The second kappa shape index (κ2) is 9.13. The Kier molecular flexibility index (Phi) is 6.70. The quantitative estimate of drug-likeness (QED) is 0.493. The maximum atomic E-state index is 12.9. The van der Waals surface area contributed by atoms with E-state index < -0.39 is 29.8 Å². The van der Waals surface area contributed by atoms with Crippen LogP contribution in [-0.2, 0) is 16.0 Å². The first-order chi connectivity index (χ1) is 14.9. The summed E-state index contributed by atoms with van der Waals surface area (Å²) in [5, 5.41) is 5.45. The maximum absolute atomic E-state index is 12.9. The fourth-order valence-electron chi connectivity index (χ4n) is 2.75. The minimum absolute atomic E-state index is 0.175. The zero-order chi connectivity index (χ0) is 23.5. The molecule has 2 amide bonds. The van der Waals surface area contributed by atoms with Gasteiger partial charge in [-0.1, -0.05) is 41.7 Å². The molecule has 1 aromatic heterocycles. The van der Waals surface area contributed by atoms with Gasteiger partial charge in [-0.2, -0.15) is 0 Å². The van der Waals surface area contributed by atoms with E-state index in [-0.39, 0.29) is 17.3 Å². The van der Waals surface area contributed by atoms with Gasteiger partial charge in [0.1, 0.15) is 11.8 Å². The summed E-state index contributed by atoms with van der Waals surface area (Å²) in [7, 11) is 0. The largest absolute Gasteiger partial charge is 0.573 e. The molecule has 0 radical (unpaired) electrons. The highest BCUT2D eigenvalue weighted by Crippen LogP contribution is 2.31. The fourth-order valence-corrected chi connectivity index (χ4v) is 3.65. The summed E-state index contributed by atoms with van der Waals surface area (Å²) in [5.41, 5.74) is 5.86. The van der Waals surface area contributed by atoms with Crippen LogP contribution in [0.25, 0.3) is 10.2 Å².